The molecule has 76 valence electrons. The smallest absolute Gasteiger partial charge is 0.0585 e. The summed E-state index contributed by atoms with van der Waals surface area (Å²) in [7, 11) is 4.62. The average Bonchev–Trinajstić information content (AvgIpc) is 2.16. The van der Waals surface area contributed by atoms with E-state index in [4.69, 9.17) is 0 Å². The molecule has 0 saturated heterocycles. The second kappa shape index (κ2) is 5.53. The van der Waals surface area contributed by atoms with E-state index in [9.17, 15) is 0 Å². The third kappa shape index (κ3) is 2.83. The lowest BCUT2D eigenvalue weighted by atomic mass is 10.0. The fraction of sp³-hybridized carbons (Fsp3) is 0.364. The molecule has 0 heterocycles. The van der Waals surface area contributed by atoms with Gasteiger partial charge in [-0.25, -0.2) is 0 Å². The van der Waals surface area contributed by atoms with Crippen LogP contribution in [0.3, 0.4) is 0 Å². The minimum Gasteiger partial charge on any atom is -0.289 e. The molecule has 3 heteroatoms. The second-order valence-electron chi connectivity index (χ2n) is 3.40. The average molecular weight is 225 g/mol. The monoisotopic (exact) mass is 225 g/mol. The van der Waals surface area contributed by atoms with E-state index in [2.05, 4.69) is 46.3 Å². The van der Waals surface area contributed by atoms with Gasteiger partial charge in [-0.1, -0.05) is 37.7 Å². The number of hydrogen-bond acceptors (Lipinski definition) is 2. The summed E-state index contributed by atoms with van der Waals surface area (Å²) in [6, 6.07) is 6.41. The second-order valence-corrected chi connectivity index (χ2v) is 4.86. The van der Waals surface area contributed by atoms with Gasteiger partial charge in [0.1, 0.15) is 0 Å². The first-order valence-corrected chi connectivity index (χ1v) is 6.08. The highest BCUT2D eigenvalue weighted by atomic mass is 32.2. The molecule has 1 unspecified atom stereocenters. The van der Waals surface area contributed by atoms with Gasteiger partial charge in [-0.05, 0) is 22.9 Å². The summed E-state index contributed by atoms with van der Waals surface area (Å²) < 4.78 is 0. The summed E-state index contributed by atoms with van der Waals surface area (Å²) in [6.45, 7) is 4.43. The Kier molecular flexibility index (Phi) is 4.64. The van der Waals surface area contributed by atoms with E-state index in [0.717, 1.165) is 0 Å². The van der Waals surface area contributed by atoms with Gasteiger partial charge in [0.15, 0.2) is 0 Å². The van der Waals surface area contributed by atoms with Crippen molar-refractivity contribution in [3.8, 4) is 0 Å². The Morgan fingerprint density at radius 1 is 1.43 bits per heavy atom. The van der Waals surface area contributed by atoms with Crippen LogP contribution in [0.5, 0.6) is 0 Å². The molecule has 0 bridgehead atoms. The Labute approximate surface area is 92.6 Å². The van der Waals surface area contributed by atoms with Gasteiger partial charge in [0.25, 0.3) is 0 Å². The maximum Gasteiger partial charge on any atom is 0.0585 e. The van der Waals surface area contributed by atoms with Gasteiger partial charge in [0.05, 0.1) is 5.55 Å². The van der Waals surface area contributed by atoms with Gasteiger partial charge in [-0.2, -0.15) is 0 Å². The van der Waals surface area contributed by atoms with Gasteiger partial charge in [0, 0.05) is 11.9 Å². The minimum absolute atomic E-state index is 0.571. The quantitative estimate of drug-likeness (QED) is 0.333. The van der Waals surface area contributed by atoms with E-state index in [1.54, 1.807) is 18.8 Å². The number of aliphatic imine (C=N–C) groups is 1. The summed E-state index contributed by atoms with van der Waals surface area (Å²) in [5.74, 6) is 0.571. The van der Waals surface area contributed by atoms with E-state index >= 15 is 0 Å². The zero-order valence-corrected chi connectivity index (χ0v) is 10.8. The van der Waals surface area contributed by atoms with Crippen LogP contribution < -0.4 is 5.30 Å². The van der Waals surface area contributed by atoms with E-state index < -0.39 is 0 Å². The molecule has 0 aliphatic carbocycles. The highest BCUT2D eigenvalue weighted by Crippen LogP contribution is 2.22. The van der Waals surface area contributed by atoms with Gasteiger partial charge in [-0.15, -0.1) is 9.24 Å². The molecule has 1 aromatic carbocycles. The number of thioether (sulfide) groups is 1. The minimum atomic E-state index is 0.571. The Morgan fingerprint density at radius 2 is 2.14 bits per heavy atom. The van der Waals surface area contributed by atoms with Crippen LogP contribution in [-0.2, 0) is 0 Å². The Balaban J connectivity index is 3.01. The van der Waals surface area contributed by atoms with Crippen molar-refractivity contribution in [2.24, 2.45) is 4.99 Å². The van der Waals surface area contributed by atoms with Crippen molar-refractivity contribution in [1.82, 2.24) is 0 Å². The van der Waals surface area contributed by atoms with Crippen LogP contribution in [0.15, 0.2) is 28.1 Å². The van der Waals surface area contributed by atoms with Gasteiger partial charge in [0.2, 0.25) is 0 Å². The highest BCUT2D eigenvalue weighted by Gasteiger charge is 2.06. The van der Waals surface area contributed by atoms with Crippen LogP contribution in [-0.4, -0.2) is 12.6 Å². The Bertz CT molecular complexity index is 334. The van der Waals surface area contributed by atoms with Crippen molar-refractivity contribution >= 4 is 31.9 Å². The van der Waals surface area contributed by atoms with Crippen LogP contribution in [0.4, 0.5) is 0 Å². The summed E-state index contributed by atoms with van der Waals surface area (Å²) in [5, 5.41) is 1.30. The first-order chi connectivity index (χ1) is 6.66. The van der Waals surface area contributed by atoms with E-state index in [-0.39, 0.29) is 0 Å². The van der Waals surface area contributed by atoms with Crippen LogP contribution in [0.2, 0.25) is 0 Å². The zero-order chi connectivity index (χ0) is 10.6. The lowest BCUT2D eigenvalue weighted by molar-refractivity contribution is 0.871. The van der Waals surface area contributed by atoms with Crippen LogP contribution in [0, 0.1) is 0 Å². The molecule has 1 rings (SSSR count). The molecule has 0 amide bonds. The lowest BCUT2D eigenvalue weighted by Gasteiger charge is -2.11. The standard InChI is InChI=1S/C11H16NPS/c1-8(2)9-5-4-6-10(11(9)13)14-7-12-3/h4-8H,13H2,1-3H3/b12-7-. The van der Waals surface area contributed by atoms with Gasteiger partial charge >= 0.3 is 0 Å². The molecule has 0 N–H and O–H groups in total. The molecule has 0 spiro atoms. The number of benzene rings is 1. The Hall–Kier alpha value is -0.330. The summed E-state index contributed by atoms with van der Waals surface area (Å²) in [5.41, 5.74) is 3.26. The summed E-state index contributed by atoms with van der Waals surface area (Å²) in [6.07, 6.45) is 0. The van der Waals surface area contributed by atoms with Gasteiger partial charge in [-0.3, -0.25) is 4.99 Å². The largest absolute Gasteiger partial charge is 0.289 e. The molecule has 1 aromatic rings. The molecule has 14 heavy (non-hydrogen) atoms. The third-order valence-corrected chi connectivity index (χ3v) is 3.79. The van der Waals surface area contributed by atoms with Gasteiger partial charge < -0.3 is 0 Å². The van der Waals surface area contributed by atoms with E-state index in [1.165, 1.54) is 15.8 Å². The predicted molar refractivity (Wildman–Crippen MR) is 70.1 cm³/mol. The van der Waals surface area contributed by atoms with Crippen molar-refractivity contribution in [2.45, 2.75) is 24.7 Å². The molecule has 1 nitrogen and oxygen atoms in total. The number of nitrogens with zero attached hydrogens (tertiary/aromatic N) is 1. The van der Waals surface area contributed by atoms with Crippen molar-refractivity contribution < 1.29 is 0 Å². The molecule has 0 aromatic heterocycles. The fourth-order valence-corrected chi connectivity index (χ4v) is 2.63. The predicted octanol–water partition coefficient (Wildman–Crippen LogP) is 3.06. The van der Waals surface area contributed by atoms with E-state index in [0.29, 0.717) is 5.92 Å². The third-order valence-electron chi connectivity index (χ3n) is 2.01. The van der Waals surface area contributed by atoms with Crippen molar-refractivity contribution in [3.05, 3.63) is 23.8 Å². The molecular weight excluding hydrogens is 209 g/mol. The van der Waals surface area contributed by atoms with Crippen LogP contribution >= 0.6 is 21.0 Å². The van der Waals surface area contributed by atoms with Crippen molar-refractivity contribution in [1.29, 1.82) is 0 Å². The van der Waals surface area contributed by atoms with Crippen LogP contribution in [0.25, 0.3) is 0 Å². The number of rotatable bonds is 3. The van der Waals surface area contributed by atoms with Crippen LogP contribution in [0.1, 0.15) is 25.3 Å². The first-order valence-electron chi connectivity index (χ1n) is 4.62. The molecular formula is C11H16NPS. The normalized spacial score (nSPS) is 11.5. The van der Waals surface area contributed by atoms with Crippen molar-refractivity contribution in [3.63, 3.8) is 0 Å². The Morgan fingerprint density at radius 3 is 2.71 bits per heavy atom. The number of hydrogen-bond donors (Lipinski definition) is 0. The first kappa shape index (κ1) is 11.7. The molecule has 1 atom stereocenters. The SMILES string of the molecule is C/N=C\Sc1cccc(C(C)C)c1P. The van der Waals surface area contributed by atoms with Crippen molar-refractivity contribution in [2.75, 3.05) is 7.05 Å². The lowest BCUT2D eigenvalue weighted by Crippen LogP contribution is -2.05. The summed E-state index contributed by atoms with van der Waals surface area (Å²) in [4.78, 5) is 5.25. The topological polar surface area (TPSA) is 12.4 Å². The molecule has 0 saturated carbocycles. The summed E-state index contributed by atoms with van der Waals surface area (Å²) >= 11 is 1.67. The maximum atomic E-state index is 3.98. The molecule has 0 fully saturated rings. The fourth-order valence-electron chi connectivity index (χ4n) is 1.28. The van der Waals surface area contributed by atoms with E-state index in [1.807, 2.05) is 5.55 Å². The highest BCUT2D eigenvalue weighted by molar-refractivity contribution is 8.12. The molecule has 0 radical (unpaired) electrons. The maximum absolute atomic E-state index is 3.98. The zero-order valence-electron chi connectivity index (χ0n) is 8.82. The molecule has 0 aliphatic rings. The molecule has 0 aliphatic heterocycles.